The van der Waals surface area contributed by atoms with Crippen molar-refractivity contribution in [2.75, 3.05) is 13.2 Å². The van der Waals surface area contributed by atoms with Crippen molar-refractivity contribution in [1.82, 2.24) is 0 Å². The van der Waals surface area contributed by atoms with Gasteiger partial charge in [-0.15, -0.1) is 0 Å². The number of hydrogen-bond donors (Lipinski definition) is 0. The van der Waals surface area contributed by atoms with Crippen LogP contribution in [0.3, 0.4) is 0 Å². The van der Waals surface area contributed by atoms with Crippen molar-refractivity contribution in [2.24, 2.45) is 0 Å². The molecule has 7 heavy (non-hydrogen) atoms. The van der Waals surface area contributed by atoms with Crippen molar-refractivity contribution in [2.45, 2.75) is 16.6 Å². The van der Waals surface area contributed by atoms with E-state index < -0.39 is 16.6 Å². The van der Waals surface area contributed by atoms with Crippen LogP contribution in [0.1, 0.15) is 19.6 Å². The third kappa shape index (κ3) is 1.95. The summed E-state index contributed by atoms with van der Waals surface area (Å²) in [6, 6.07) is 0. The summed E-state index contributed by atoms with van der Waals surface area (Å²) in [6.07, 6.45) is -3.87. The molecule has 0 aromatic heterocycles. The third-order valence-corrected chi connectivity index (χ3v) is 1.42. The number of rotatable bonds is 0. The lowest BCUT2D eigenvalue weighted by Crippen LogP contribution is -2.14. The van der Waals surface area contributed by atoms with Crippen LogP contribution in [-0.2, 0) is 4.74 Å². The quantitative estimate of drug-likeness (QED) is 0.442. The Labute approximate surface area is 64.6 Å². The molecule has 0 atom stereocenters. The smallest absolute Gasteiger partial charge is 0.0476 e. The van der Waals surface area contributed by atoms with Crippen LogP contribution in [0.15, 0.2) is 0 Å². The monoisotopic (exact) mass is 217 g/mol. The van der Waals surface area contributed by atoms with Crippen molar-refractivity contribution in [3.8, 4) is 0 Å². The fourth-order valence-corrected chi connectivity index (χ4v) is 0.654. The van der Waals surface area contributed by atoms with Gasteiger partial charge in [-0.2, -0.15) is 0 Å². The van der Waals surface area contributed by atoms with Crippen molar-refractivity contribution in [3.05, 3.63) is 0 Å². The highest BCUT2D eigenvalue weighted by Gasteiger charge is 2.07. The van der Waals surface area contributed by atoms with E-state index in [0.717, 1.165) is 0 Å². The molecule has 0 N–H and O–H groups in total. The fourth-order valence-electron chi connectivity index (χ4n) is 0.342. The topological polar surface area (TPSA) is 9.23 Å². The van der Waals surface area contributed by atoms with Crippen LogP contribution in [0.2, 0.25) is 0 Å². The maximum Gasteiger partial charge on any atom is 0.0476 e. The summed E-state index contributed by atoms with van der Waals surface area (Å²) in [5.41, 5.74) is 0. The van der Waals surface area contributed by atoms with E-state index in [9.17, 15) is 0 Å². The van der Waals surface area contributed by atoms with Crippen molar-refractivity contribution < 1.29 is 11.6 Å². The first-order valence-electron chi connectivity index (χ1n) is 4.47. The normalized spacial score (nSPS) is 54.7. The molecule has 0 bridgehead atoms. The van der Waals surface area contributed by atoms with Gasteiger partial charge < -0.3 is 4.74 Å². The molecule has 2 heteroatoms. The van der Waals surface area contributed by atoms with Crippen molar-refractivity contribution >= 4 is 22.6 Å². The molecule has 42 valence electrons. The second-order valence-corrected chi connectivity index (χ2v) is 2.24. The summed E-state index contributed by atoms with van der Waals surface area (Å²) in [5, 5.41) is 0. The summed E-state index contributed by atoms with van der Waals surface area (Å²) in [4.78, 5) is 0. The van der Waals surface area contributed by atoms with Crippen molar-refractivity contribution in [3.63, 3.8) is 0 Å². The lowest BCUT2D eigenvalue weighted by atomic mass is 10.2. The lowest BCUT2D eigenvalue weighted by molar-refractivity contribution is 0.102. The minimum atomic E-state index is -1.94. The summed E-state index contributed by atoms with van der Waals surface area (Å²) >= 11 is 1.51. The SMILES string of the molecule is [2H]C1([2H])COCC([2H])([2H])C1([2H])I. The Kier molecular flexibility index (Phi) is 0.876. The van der Waals surface area contributed by atoms with Gasteiger partial charge in [0, 0.05) is 24.0 Å². The third-order valence-electron chi connectivity index (χ3n) is 0.659. The number of hydrogen-bond acceptors (Lipinski definition) is 1. The summed E-state index contributed by atoms with van der Waals surface area (Å²) < 4.78 is 40.1. The van der Waals surface area contributed by atoms with Gasteiger partial charge in [-0.25, -0.2) is 0 Å². The largest absolute Gasteiger partial charge is 0.381 e. The average Bonchev–Trinajstić information content (AvgIpc) is 1.83. The van der Waals surface area contributed by atoms with Crippen LogP contribution < -0.4 is 0 Å². The second-order valence-electron chi connectivity index (χ2n) is 1.16. The lowest BCUT2D eigenvalue weighted by Gasteiger charge is -2.15. The molecule has 1 aliphatic rings. The van der Waals surface area contributed by atoms with Gasteiger partial charge >= 0.3 is 0 Å². The van der Waals surface area contributed by atoms with E-state index in [2.05, 4.69) is 0 Å². The Morgan fingerprint density at radius 3 is 2.71 bits per heavy atom. The number of alkyl halides is 1. The Balaban J connectivity index is 2.99. The Hall–Kier alpha value is 0.690. The maximum atomic E-state index is 7.59. The summed E-state index contributed by atoms with van der Waals surface area (Å²) in [6.45, 7) is -0.419. The minimum Gasteiger partial charge on any atom is -0.381 e. The highest BCUT2D eigenvalue weighted by molar-refractivity contribution is 14.1. The summed E-state index contributed by atoms with van der Waals surface area (Å²) in [7, 11) is 0. The molecule has 1 heterocycles. The molecule has 1 nitrogen and oxygen atoms in total. The maximum absolute atomic E-state index is 7.59. The van der Waals surface area contributed by atoms with E-state index in [0.29, 0.717) is 0 Å². The molecule has 0 radical (unpaired) electrons. The Bertz CT molecular complexity index is 174. The molecule has 1 rings (SSSR count). The zero-order valence-corrected chi connectivity index (χ0v) is 5.86. The van der Waals surface area contributed by atoms with Gasteiger partial charge in [0.1, 0.15) is 0 Å². The van der Waals surface area contributed by atoms with Gasteiger partial charge in [0.15, 0.2) is 0 Å². The Morgan fingerprint density at radius 2 is 2.29 bits per heavy atom. The van der Waals surface area contributed by atoms with Crippen LogP contribution in [0.25, 0.3) is 0 Å². The molecule has 0 unspecified atom stereocenters. The molecule has 0 aromatic carbocycles. The van der Waals surface area contributed by atoms with Crippen LogP contribution in [0.4, 0.5) is 0 Å². The second kappa shape index (κ2) is 2.87. The van der Waals surface area contributed by atoms with E-state index in [1.165, 1.54) is 22.6 Å². The van der Waals surface area contributed by atoms with Gasteiger partial charge in [0.05, 0.1) is 0 Å². The van der Waals surface area contributed by atoms with Gasteiger partial charge in [0.2, 0.25) is 0 Å². The molecular weight excluding hydrogens is 203 g/mol. The zero-order valence-electron chi connectivity index (χ0n) is 8.70. The molecule has 1 fully saturated rings. The first kappa shape index (κ1) is 2.14. The summed E-state index contributed by atoms with van der Waals surface area (Å²) in [5.74, 6) is 0. The molecule has 0 amide bonds. The van der Waals surface area contributed by atoms with E-state index in [-0.39, 0.29) is 13.2 Å². The van der Waals surface area contributed by atoms with Crippen LogP contribution >= 0.6 is 22.6 Å². The van der Waals surface area contributed by atoms with E-state index in [4.69, 9.17) is 11.6 Å². The number of halogens is 1. The number of ether oxygens (including phenoxy) is 1. The van der Waals surface area contributed by atoms with Crippen LogP contribution in [0.5, 0.6) is 0 Å². The van der Waals surface area contributed by atoms with E-state index in [1.54, 1.807) is 0 Å². The van der Waals surface area contributed by atoms with Gasteiger partial charge in [-0.1, -0.05) is 22.6 Å². The van der Waals surface area contributed by atoms with Gasteiger partial charge in [-0.05, 0) is 12.7 Å². The molecule has 0 aliphatic carbocycles. The fraction of sp³-hybridized carbons (Fsp3) is 1.00. The van der Waals surface area contributed by atoms with Gasteiger partial charge in [0.25, 0.3) is 0 Å². The van der Waals surface area contributed by atoms with Crippen molar-refractivity contribution in [1.29, 1.82) is 0 Å². The standard InChI is InChI=1S/C5H9IO/c6-5-1-3-7-4-2-5/h5H,1-4H2/i1D2,2D2,5D. The Morgan fingerprint density at radius 1 is 1.71 bits per heavy atom. The minimum absolute atomic E-state index is 0.209. The molecule has 0 saturated carbocycles. The van der Waals surface area contributed by atoms with Crippen LogP contribution in [-0.4, -0.2) is 17.1 Å². The molecular formula is C5H9IO. The predicted molar refractivity (Wildman–Crippen MR) is 37.9 cm³/mol. The van der Waals surface area contributed by atoms with E-state index >= 15 is 0 Å². The highest BCUT2D eigenvalue weighted by Crippen LogP contribution is 2.14. The molecule has 1 aliphatic heterocycles. The highest BCUT2D eigenvalue weighted by atomic mass is 127. The first-order valence-corrected chi connectivity index (χ1v) is 3.05. The first-order chi connectivity index (χ1) is 5.21. The molecule has 0 aromatic rings. The molecule has 1 saturated heterocycles. The van der Waals surface area contributed by atoms with Crippen LogP contribution in [0, 0.1) is 0 Å². The predicted octanol–water partition coefficient (Wildman–Crippen LogP) is 1.60. The molecule has 0 spiro atoms. The van der Waals surface area contributed by atoms with E-state index in [1.807, 2.05) is 0 Å². The zero-order chi connectivity index (χ0) is 9.62. The average molecular weight is 217 g/mol. The van der Waals surface area contributed by atoms with Gasteiger partial charge in [-0.3, -0.25) is 0 Å².